The number of benzene rings is 2. The summed E-state index contributed by atoms with van der Waals surface area (Å²) in [7, 11) is 1.55. The molecule has 2 aromatic rings. The van der Waals surface area contributed by atoms with E-state index in [0.717, 1.165) is 18.4 Å². The first-order valence-electron chi connectivity index (χ1n) is 13.5. The van der Waals surface area contributed by atoms with Crippen molar-refractivity contribution in [1.29, 1.82) is 0 Å². The summed E-state index contributed by atoms with van der Waals surface area (Å²) in [6.45, 7) is 3.74. The third kappa shape index (κ3) is 6.75. The molecule has 1 unspecified atom stereocenters. The number of aliphatic carboxylic acids is 1. The lowest BCUT2D eigenvalue weighted by atomic mass is 9.85. The number of hydrogen-bond acceptors (Lipinski definition) is 8. The summed E-state index contributed by atoms with van der Waals surface area (Å²) in [4.78, 5) is 29.9. The normalized spacial score (nSPS) is 20.1. The molecular weight excluding hydrogens is 504 g/mol. The molecule has 2 aliphatic heterocycles. The highest BCUT2D eigenvalue weighted by molar-refractivity contribution is 5.79. The van der Waals surface area contributed by atoms with Crippen molar-refractivity contribution in [3.63, 3.8) is 0 Å². The first kappa shape index (κ1) is 28.5. The van der Waals surface area contributed by atoms with Crippen molar-refractivity contribution in [3.8, 4) is 23.0 Å². The third-order valence-corrected chi connectivity index (χ3v) is 7.40. The molecular formula is C29H38N2O8. The molecule has 0 bridgehead atoms. The zero-order valence-electron chi connectivity index (χ0n) is 22.6. The van der Waals surface area contributed by atoms with Crippen LogP contribution in [0.2, 0.25) is 0 Å². The number of likely N-dealkylation sites (tertiary alicyclic amines) is 1. The number of rotatable bonds is 14. The van der Waals surface area contributed by atoms with E-state index in [4.69, 9.17) is 18.9 Å². The number of fused-ring (bicyclic) bond motifs is 1. The highest BCUT2D eigenvalue weighted by Crippen LogP contribution is 2.42. The number of aliphatic hydroxyl groups excluding tert-OH is 1. The van der Waals surface area contributed by atoms with Gasteiger partial charge in [-0.05, 0) is 42.7 Å². The second kappa shape index (κ2) is 13.5. The Morgan fingerprint density at radius 2 is 1.82 bits per heavy atom. The van der Waals surface area contributed by atoms with Crippen LogP contribution in [0.25, 0.3) is 0 Å². The van der Waals surface area contributed by atoms with E-state index in [0.29, 0.717) is 49.1 Å². The molecule has 0 spiro atoms. The van der Waals surface area contributed by atoms with E-state index in [1.54, 1.807) is 30.2 Å². The van der Waals surface area contributed by atoms with Crippen LogP contribution < -0.4 is 18.9 Å². The van der Waals surface area contributed by atoms with Gasteiger partial charge in [-0.25, -0.2) is 0 Å². The topological polar surface area (TPSA) is 118 Å². The van der Waals surface area contributed by atoms with E-state index >= 15 is 0 Å². The van der Waals surface area contributed by atoms with Crippen molar-refractivity contribution in [2.24, 2.45) is 5.92 Å². The van der Waals surface area contributed by atoms with Crippen molar-refractivity contribution in [3.05, 3.63) is 48.0 Å². The lowest BCUT2D eigenvalue weighted by molar-refractivity contribution is -0.144. The summed E-state index contributed by atoms with van der Waals surface area (Å²) in [5.74, 6) is 0.0115. The van der Waals surface area contributed by atoms with Crippen LogP contribution in [-0.2, 0) is 9.59 Å². The SMILES string of the molecule is CCCCN(CCCO)C(=O)CN1C[C@H](c2ccc3c(c2)OCO3)C(C(=O)O)[C@@H]1COc1ccccc1OC. The molecule has 10 nitrogen and oxygen atoms in total. The number of ether oxygens (including phenoxy) is 4. The van der Waals surface area contributed by atoms with Crippen molar-refractivity contribution in [2.45, 2.75) is 38.1 Å². The highest BCUT2D eigenvalue weighted by atomic mass is 16.7. The Labute approximate surface area is 229 Å². The minimum absolute atomic E-state index is 0.00225. The third-order valence-electron chi connectivity index (χ3n) is 7.40. The number of nitrogens with zero attached hydrogens (tertiary/aromatic N) is 2. The highest BCUT2D eigenvalue weighted by Gasteiger charge is 2.48. The van der Waals surface area contributed by atoms with Gasteiger partial charge in [0.15, 0.2) is 23.0 Å². The zero-order valence-corrected chi connectivity index (χ0v) is 22.6. The van der Waals surface area contributed by atoms with E-state index < -0.39 is 23.8 Å². The summed E-state index contributed by atoms with van der Waals surface area (Å²) in [6, 6.07) is 12.1. The number of para-hydroxylation sites is 2. The second-order valence-electron chi connectivity index (χ2n) is 9.85. The Morgan fingerprint density at radius 1 is 1.08 bits per heavy atom. The maximum atomic E-state index is 13.5. The van der Waals surface area contributed by atoms with Crippen LogP contribution in [0.1, 0.15) is 37.7 Å². The Morgan fingerprint density at radius 3 is 2.54 bits per heavy atom. The molecule has 0 aliphatic carbocycles. The summed E-state index contributed by atoms with van der Waals surface area (Å²) in [5, 5.41) is 19.7. The summed E-state index contributed by atoms with van der Waals surface area (Å²) < 4.78 is 22.5. The van der Waals surface area contributed by atoms with Gasteiger partial charge in [0.2, 0.25) is 12.7 Å². The maximum Gasteiger partial charge on any atom is 0.308 e. The minimum Gasteiger partial charge on any atom is -0.493 e. The van der Waals surface area contributed by atoms with Gasteiger partial charge in [0, 0.05) is 32.2 Å². The molecule has 0 saturated carbocycles. The van der Waals surface area contributed by atoms with Crippen molar-refractivity contribution in [2.75, 3.05) is 53.3 Å². The smallest absolute Gasteiger partial charge is 0.308 e. The second-order valence-corrected chi connectivity index (χ2v) is 9.85. The monoisotopic (exact) mass is 542 g/mol. The molecule has 2 aliphatic rings. The van der Waals surface area contributed by atoms with Gasteiger partial charge in [0.1, 0.15) is 6.61 Å². The van der Waals surface area contributed by atoms with Gasteiger partial charge in [0.05, 0.1) is 25.6 Å². The summed E-state index contributed by atoms with van der Waals surface area (Å²) >= 11 is 0. The van der Waals surface area contributed by atoms with Gasteiger partial charge in [0.25, 0.3) is 0 Å². The lowest BCUT2D eigenvalue weighted by Crippen LogP contribution is -2.46. The van der Waals surface area contributed by atoms with Crippen LogP contribution in [0, 0.1) is 5.92 Å². The van der Waals surface area contributed by atoms with Gasteiger partial charge < -0.3 is 34.1 Å². The fourth-order valence-electron chi connectivity index (χ4n) is 5.34. The number of amides is 1. The summed E-state index contributed by atoms with van der Waals surface area (Å²) in [5.41, 5.74) is 0.812. The molecule has 1 amide bonds. The van der Waals surface area contributed by atoms with Crippen LogP contribution in [0.3, 0.4) is 0 Å². The number of carboxylic acid groups (broad SMARTS) is 1. The molecule has 4 rings (SSSR count). The number of unbranched alkanes of at least 4 members (excludes halogenated alkanes) is 1. The zero-order chi connectivity index (χ0) is 27.8. The molecule has 0 radical (unpaired) electrons. The van der Waals surface area contributed by atoms with Gasteiger partial charge in [-0.3, -0.25) is 14.5 Å². The standard InChI is InChI=1S/C29H38N2O8/c1-3-4-12-30(13-7-14-32)27(33)17-31-16-21(20-10-11-25-26(15-20)39-19-38-25)28(29(34)35)22(31)18-37-24-9-6-5-8-23(24)36-2/h5-6,8-11,15,21-22,28,32H,3-4,7,12-14,16-19H2,1-2H3,(H,34,35)/t21-,22+,28?/m1/s1. The molecule has 2 aromatic carbocycles. The molecule has 2 N–H and O–H groups in total. The average molecular weight is 543 g/mol. The molecule has 10 heteroatoms. The van der Waals surface area contributed by atoms with Gasteiger partial charge >= 0.3 is 5.97 Å². The lowest BCUT2D eigenvalue weighted by Gasteiger charge is -2.29. The largest absolute Gasteiger partial charge is 0.493 e. The molecule has 2 heterocycles. The summed E-state index contributed by atoms with van der Waals surface area (Å²) in [6.07, 6.45) is 2.29. The van der Waals surface area contributed by atoms with Crippen LogP contribution in [0.15, 0.2) is 42.5 Å². The molecule has 1 fully saturated rings. The fourth-order valence-corrected chi connectivity index (χ4v) is 5.34. The molecule has 1 saturated heterocycles. The molecule has 0 aromatic heterocycles. The van der Waals surface area contributed by atoms with Crippen LogP contribution in [-0.4, -0.2) is 91.2 Å². The van der Waals surface area contributed by atoms with Gasteiger partial charge in [-0.15, -0.1) is 0 Å². The minimum atomic E-state index is -0.954. The van der Waals surface area contributed by atoms with Crippen molar-refractivity contribution in [1.82, 2.24) is 9.80 Å². The fraction of sp³-hybridized carbons (Fsp3) is 0.517. The Bertz CT molecular complexity index is 1120. The van der Waals surface area contributed by atoms with Gasteiger partial charge in [-0.1, -0.05) is 31.5 Å². The van der Waals surface area contributed by atoms with Crippen molar-refractivity contribution < 1.29 is 38.7 Å². The van der Waals surface area contributed by atoms with E-state index in [2.05, 4.69) is 6.92 Å². The Balaban J connectivity index is 1.61. The number of carbonyl (C=O) groups excluding carboxylic acids is 1. The molecule has 3 atom stereocenters. The van der Waals surface area contributed by atoms with E-state index in [9.17, 15) is 19.8 Å². The molecule has 212 valence electrons. The first-order valence-corrected chi connectivity index (χ1v) is 13.5. The number of carboxylic acids is 1. The number of methoxy groups -OCH3 is 1. The molecule has 39 heavy (non-hydrogen) atoms. The number of hydrogen-bond donors (Lipinski definition) is 2. The van der Waals surface area contributed by atoms with Crippen molar-refractivity contribution >= 4 is 11.9 Å². The van der Waals surface area contributed by atoms with E-state index in [-0.39, 0.29) is 32.5 Å². The van der Waals surface area contributed by atoms with Crippen LogP contribution in [0.5, 0.6) is 23.0 Å². The first-order chi connectivity index (χ1) is 19.0. The number of aliphatic hydroxyl groups is 1. The van der Waals surface area contributed by atoms with Gasteiger partial charge in [-0.2, -0.15) is 0 Å². The Hall–Kier alpha value is -3.50. The van der Waals surface area contributed by atoms with E-state index in [1.165, 1.54) is 0 Å². The predicted octanol–water partition coefficient (Wildman–Crippen LogP) is 2.98. The predicted molar refractivity (Wildman–Crippen MR) is 143 cm³/mol. The maximum absolute atomic E-state index is 13.5. The van der Waals surface area contributed by atoms with Crippen LogP contribution >= 0.6 is 0 Å². The number of carbonyl (C=O) groups is 2. The van der Waals surface area contributed by atoms with E-state index in [1.807, 2.05) is 29.2 Å². The average Bonchev–Trinajstić information content (AvgIpc) is 3.56. The van der Waals surface area contributed by atoms with Crippen LogP contribution in [0.4, 0.5) is 0 Å². The Kier molecular flexibility index (Phi) is 9.89. The quantitative estimate of drug-likeness (QED) is 0.371.